The van der Waals surface area contributed by atoms with Crippen molar-refractivity contribution in [2.45, 2.75) is 24.1 Å². The minimum atomic E-state index is -3.33. The highest BCUT2D eigenvalue weighted by Crippen LogP contribution is 2.28. The minimum absolute atomic E-state index is 0.395. The van der Waals surface area contributed by atoms with E-state index in [2.05, 4.69) is 0 Å². The molecule has 0 atom stereocenters. The maximum Gasteiger partial charge on any atom is 0.252 e. The highest BCUT2D eigenvalue weighted by molar-refractivity contribution is 7.91. The lowest BCUT2D eigenvalue weighted by Gasteiger charge is -2.21. The minimum Gasteiger partial charge on any atom is -0.326 e. The molecule has 0 amide bonds. The number of nitrogens with two attached hydrogens (primary N) is 1. The van der Waals surface area contributed by atoms with Crippen molar-refractivity contribution in [3.63, 3.8) is 0 Å². The molecule has 2 heterocycles. The van der Waals surface area contributed by atoms with Crippen LogP contribution in [0.5, 0.6) is 0 Å². The van der Waals surface area contributed by atoms with Gasteiger partial charge in [-0.1, -0.05) is 12.2 Å². The molecule has 6 heteroatoms. The average Bonchev–Trinajstić information content (AvgIpc) is 2.72. The van der Waals surface area contributed by atoms with Crippen LogP contribution in [0.2, 0.25) is 0 Å². The van der Waals surface area contributed by atoms with Crippen LogP contribution in [0.15, 0.2) is 22.4 Å². The molecule has 0 aromatic carbocycles. The Morgan fingerprint density at radius 1 is 1.47 bits per heavy atom. The number of hydrogen-bond donors (Lipinski definition) is 1. The van der Waals surface area contributed by atoms with Crippen LogP contribution in [-0.2, 0) is 16.6 Å². The molecule has 0 bridgehead atoms. The van der Waals surface area contributed by atoms with E-state index in [1.165, 1.54) is 15.6 Å². The first-order chi connectivity index (χ1) is 8.05. The summed E-state index contributed by atoms with van der Waals surface area (Å²) in [5, 5.41) is 0. The maximum absolute atomic E-state index is 12.3. The summed E-state index contributed by atoms with van der Waals surface area (Å²) in [6.07, 6.45) is 4.69. The second-order valence-electron chi connectivity index (χ2n) is 4.00. The van der Waals surface area contributed by atoms with Crippen molar-refractivity contribution in [2.75, 3.05) is 13.1 Å². The molecule has 4 nitrogen and oxygen atoms in total. The van der Waals surface area contributed by atoms with Gasteiger partial charge < -0.3 is 5.73 Å². The van der Waals surface area contributed by atoms with Crippen LogP contribution in [0.4, 0.5) is 0 Å². The molecule has 17 heavy (non-hydrogen) atoms. The van der Waals surface area contributed by atoms with Crippen LogP contribution in [0.1, 0.15) is 16.9 Å². The zero-order valence-corrected chi connectivity index (χ0v) is 11.4. The van der Waals surface area contributed by atoms with Crippen LogP contribution >= 0.6 is 11.3 Å². The number of hydrogen-bond acceptors (Lipinski definition) is 4. The van der Waals surface area contributed by atoms with E-state index in [0.29, 0.717) is 23.8 Å². The predicted octanol–water partition coefficient (Wildman–Crippen LogP) is 1.47. The smallest absolute Gasteiger partial charge is 0.252 e. The number of sulfonamides is 1. The van der Waals surface area contributed by atoms with E-state index >= 15 is 0 Å². The molecule has 1 aliphatic rings. The third-order valence-electron chi connectivity index (χ3n) is 2.80. The van der Waals surface area contributed by atoms with E-state index < -0.39 is 10.0 Å². The molecule has 1 aromatic rings. The third-order valence-corrected chi connectivity index (χ3v) is 6.37. The average molecular weight is 272 g/mol. The van der Waals surface area contributed by atoms with E-state index in [4.69, 9.17) is 5.73 Å². The van der Waals surface area contributed by atoms with Crippen molar-refractivity contribution in [3.05, 3.63) is 28.7 Å². The number of aryl methyl sites for hydroxylation is 1. The van der Waals surface area contributed by atoms with E-state index in [-0.39, 0.29) is 0 Å². The Balaban J connectivity index is 2.33. The van der Waals surface area contributed by atoms with Gasteiger partial charge in [-0.05, 0) is 25.0 Å². The zero-order chi connectivity index (χ0) is 12.5. The molecular weight excluding hydrogens is 256 g/mol. The van der Waals surface area contributed by atoms with Gasteiger partial charge in [0.1, 0.15) is 4.21 Å². The molecule has 0 unspecified atom stereocenters. The fraction of sp³-hybridized carbons (Fsp3) is 0.455. The first kappa shape index (κ1) is 12.8. The molecule has 0 fully saturated rings. The van der Waals surface area contributed by atoms with Crippen molar-refractivity contribution in [2.24, 2.45) is 5.73 Å². The lowest BCUT2D eigenvalue weighted by Crippen LogP contribution is -2.33. The SMILES string of the molecule is Cc1cc(S(=O)(=O)N2CC=CCC2)sc1CN. The van der Waals surface area contributed by atoms with Gasteiger partial charge in [0.2, 0.25) is 0 Å². The summed E-state index contributed by atoms with van der Waals surface area (Å²) in [6.45, 7) is 3.32. The van der Waals surface area contributed by atoms with Crippen LogP contribution in [0.3, 0.4) is 0 Å². The molecule has 0 saturated carbocycles. The van der Waals surface area contributed by atoms with Gasteiger partial charge in [-0.25, -0.2) is 8.42 Å². The van der Waals surface area contributed by atoms with Crippen molar-refractivity contribution < 1.29 is 8.42 Å². The van der Waals surface area contributed by atoms with Crippen LogP contribution < -0.4 is 5.73 Å². The normalized spacial score (nSPS) is 17.5. The van der Waals surface area contributed by atoms with Gasteiger partial charge in [0.25, 0.3) is 10.0 Å². The van der Waals surface area contributed by atoms with Gasteiger partial charge in [-0.2, -0.15) is 4.31 Å². The zero-order valence-electron chi connectivity index (χ0n) is 9.72. The Kier molecular flexibility index (Phi) is 3.67. The maximum atomic E-state index is 12.3. The second-order valence-corrected chi connectivity index (χ2v) is 7.30. The number of rotatable bonds is 3. The summed E-state index contributed by atoms with van der Waals surface area (Å²) in [6, 6.07) is 1.72. The van der Waals surface area contributed by atoms with Gasteiger partial charge >= 0.3 is 0 Å². The largest absolute Gasteiger partial charge is 0.326 e. The summed E-state index contributed by atoms with van der Waals surface area (Å²) in [7, 11) is -3.33. The topological polar surface area (TPSA) is 63.4 Å². The number of thiophene rings is 1. The molecule has 1 aliphatic heterocycles. The van der Waals surface area contributed by atoms with Crippen molar-refractivity contribution in [1.82, 2.24) is 4.31 Å². The summed E-state index contributed by atoms with van der Waals surface area (Å²) in [5.74, 6) is 0. The van der Waals surface area contributed by atoms with E-state index in [1.54, 1.807) is 6.07 Å². The quantitative estimate of drug-likeness (QED) is 0.847. The monoisotopic (exact) mass is 272 g/mol. The lowest BCUT2D eigenvalue weighted by atomic mass is 10.3. The molecule has 0 aliphatic carbocycles. The highest BCUT2D eigenvalue weighted by atomic mass is 32.2. The highest BCUT2D eigenvalue weighted by Gasteiger charge is 2.26. The molecule has 94 valence electrons. The molecular formula is C11H16N2O2S2. The van der Waals surface area contributed by atoms with Gasteiger partial charge in [-0.3, -0.25) is 0 Å². The molecule has 0 saturated heterocycles. The molecule has 0 spiro atoms. The Morgan fingerprint density at radius 2 is 2.24 bits per heavy atom. The first-order valence-corrected chi connectivity index (χ1v) is 7.76. The molecule has 0 radical (unpaired) electrons. The van der Waals surface area contributed by atoms with E-state index in [9.17, 15) is 8.42 Å². The van der Waals surface area contributed by atoms with Crippen molar-refractivity contribution >= 4 is 21.4 Å². The van der Waals surface area contributed by atoms with Crippen molar-refractivity contribution in [3.8, 4) is 0 Å². The first-order valence-electron chi connectivity index (χ1n) is 5.50. The number of nitrogens with zero attached hydrogens (tertiary/aromatic N) is 1. The molecule has 2 N–H and O–H groups in total. The standard InChI is InChI=1S/C11H16N2O2S2/c1-9-7-11(16-10(9)8-12)17(14,15)13-5-3-2-4-6-13/h2-3,7H,4-6,8,12H2,1H3. The van der Waals surface area contributed by atoms with Crippen LogP contribution in [0, 0.1) is 6.92 Å². The van der Waals surface area contributed by atoms with Crippen LogP contribution in [-0.4, -0.2) is 25.8 Å². The van der Waals surface area contributed by atoms with E-state index in [1.807, 2.05) is 19.1 Å². The Hall–Kier alpha value is -0.690. The van der Waals surface area contributed by atoms with Crippen LogP contribution in [0.25, 0.3) is 0 Å². The fourth-order valence-corrected chi connectivity index (χ4v) is 4.81. The van der Waals surface area contributed by atoms with Crippen molar-refractivity contribution in [1.29, 1.82) is 0 Å². The summed E-state index contributed by atoms with van der Waals surface area (Å²) in [4.78, 5) is 0.941. The van der Waals surface area contributed by atoms with E-state index in [0.717, 1.165) is 16.9 Å². The lowest BCUT2D eigenvalue weighted by molar-refractivity contribution is 0.439. The van der Waals surface area contributed by atoms with Gasteiger partial charge in [0.05, 0.1) is 0 Å². The molecule has 1 aromatic heterocycles. The Morgan fingerprint density at radius 3 is 2.76 bits per heavy atom. The third kappa shape index (κ3) is 2.44. The summed E-state index contributed by atoms with van der Waals surface area (Å²) >= 11 is 1.28. The molecule has 2 rings (SSSR count). The van der Waals surface area contributed by atoms with Gasteiger partial charge in [-0.15, -0.1) is 11.3 Å². The summed E-state index contributed by atoms with van der Waals surface area (Å²) in [5.41, 5.74) is 6.54. The fourth-order valence-electron chi connectivity index (χ4n) is 1.78. The Bertz CT molecular complexity index is 532. The second kappa shape index (κ2) is 4.89. The Labute approximate surface area is 106 Å². The predicted molar refractivity (Wildman–Crippen MR) is 69.5 cm³/mol. The van der Waals surface area contributed by atoms with Gasteiger partial charge in [0, 0.05) is 24.5 Å². The van der Waals surface area contributed by atoms with Gasteiger partial charge in [0.15, 0.2) is 0 Å². The summed E-state index contributed by atoms with van der Waals surface area (Å²) < 4.78 is 26.6.